The zero-order valence-electron chi connectivity index (χ0n) is 9.88. The number of ketones is 1. The summed E-state index contributed by atoms with van der Waals surface area (Å²) in [5.41, 5.74) is 0.283. The highest BCUT2D eigenvalue weighted by Crippen LogP contribution is 2.21. The summed E-state index contributed by atoms with van der Waals surface area (Å²) in [6.07, 6.45) is -0.196. The van der Waals surface area contributed by atoms with Crippen LogP contribution in [0.25, 0.3) is 0 Å². The minimum Gasteiger partial charge on any atom is -0.294 e. The highest BCUT2D eigenvalue weighted by molar-refractivity contribution is 5.97. The second-order valence-electron chi connectivity index (χ2n) is 4.00. The van der Waals surface area contributed by atoms with Crippen molar-refractivity contribution in [2.75, 3.05) is 0 Å². The van der Waals surface area contributed by atoms with Crippen molar-refractivity contribution in [3.8, 4) is 0 Å². The van der Waals surface area contributed by atoms with E-state index < -0.39 is 10.7 Å². The van der Waals surface area contributed by atoms with E-state index in [2.05, 4.69) is 0 Å². The van der Waals surface area contributed by atoms with Crippen molar-refractivity contribution < 1.29 is 14.1 Å². The smallest absolute Gasteiger partial charge is 0.273 e. The molecule has 2 aromatic rings. The Balaban J connectivity index is 2.31. The van der Waals surface area contributed by atoms with Gasteiger partial charge in [0, 0.05) is 23.6 Å². The van der Waals surface area contributed by atoms with Crippen LogP contribution in [-0.2, 0) is 6.42 Å². The zero-order chi connectivity index (χ0) is 13.8. The Morgan fingerprint density at radius 3 is 2.47 bits per heavy atom. The van der Waals surface area contributed by atoms with E-state index in [1.165, 1.54) is 0 Å². The number of rotatable bonds is 4. The first-order chi connectivity index (χ1) is 9.08. The Kier molecular flexibility index (Phi) is 3.66. The molecule has 2 aromatic carbocycles. The van der Waals surface area contributed by atoms with Crippen LogP contribution >= 0.6 is 0 Å². The van der Waals surface area contributed by atoms with Crippen molar-refractivity contribution in [3.63, 3.8) is 0 Å². The highest BCUT2D eigenvalue weighted by Gasteiger charge is 2.17. The summed E-state index contributed by atoms with van der Waals surface area (Å²) in [6, 6.07) is 11.5. The van der Waals surface area contributed by atoms with Crippen LogP contribution in [0, 0.1) is 15.9 Å². The van der Waals surface area contributed by atoms with E-state index in [0.717, 1.165) is 18.2 Å². The molecule has 0 aromatic heterocycles. The second kappa shape index (κ2) is 5.39. The molecule has 0 N–H and O–H groups in total. The van der Waals surface area contributed by atoms with Gasteiger partial charge in [-0.15, -0.1) is 0 Å². The standard InChI is InChI=1S/C14H10FNO3/c15-12-6-7-13(16(18)19)11(8-12)9-14(17)10-4-2-1-3-5-10/h1-8H,9H2. The number of nitro groups is 1. The summed E-state index contributed by atoms with van der Waals surface area (Å²) in [5.74, 6) is -0.879. The summed E-state index contributed by atoms with van der Waals surface area (Å²) < 4.78 is 13.1. The Bertz CT molecular complexity index is 626. The second-order valence-corrected chi connectivity index (χ2v) is 4.00. The molecular weight excluding hydrogens is 249 g/mol. The van der Waals surface area contributed by atoms with Crippen molar-refractivity contribution in [2.24, 2.45) is 0 Å². The molecule has 4 nitrogen and oxygen atoms in total. The van der Waals surface area contributed by atoms with Crippen LogP contribution < -0.4 is 0 Å². The van der Waals surface area contributed by atoms with Crippen LogP contribution in [0.2, 0.25) is 0 Å². The van der Waals surface area contributed by atoms with Gasteiger partial charge < -0.3 is 0 Å². The number of carbonyl (C=O) groups is 1. The molecule has 0 radical (unpaired) electrons. The molecule has 0 aliphatic rings. The van der Waals surface area contributed by atoms with E-state index in [9.17, 15) is 19.3 Å². The summed E-state index contributed by atoms with van der Waals surface area (Å²) in [7, 11) is 0. The number of carbonyl (C=O) groups excluding carboxylic acids is 1. The topological polar surface area (TPSA) is 60.2 Å². The Labute approximate surface area is 108 Å². The third-order valence-corrected chi connectivity index (χ3v) is 2.69. The Morgan fingerprint density at radius 1 is 1.16 bits per heavy atom. The predicted octanol–water partition coefficient (Wildman–Crippen LogP) is 3.16. The van der Waals surface area contributed by atoms with E-state index in [1.807, 2.05) is 0 Å². The molecule has 96 valence electrons. The average molecular weight is 259 g/mol. The number of nitro benzene ring substituents is 1. The maximum atomic E-state index is 13.1. The first kappa shape index (κ1) is 12.9. The maximum absolute atomic E-state index is 13.1. The fourth-order valence-electron chi connectivity index (χ4n) is 1.77. The number of benzene rings is 2. The van der Waals surface area contributed by atoms with Crippen molar-refractivity contribution in [3.05, 3.63) is 75.6 Å². The first-order valence-electron chi connectivity index (χ1n) is 5.59. The summed E-state index contributed by atoms with van der Waals surface area (Å²) >= 11 is 0. The zero-order valence-corrected chi connectivity index (χ0v) is 9.88. The maximum Gasteiger partial charge on any atom is 0.273 e. The molecule has 0 saturated heterocycles. The number of hydrogen-bond acceptors (Lipinski definition) is 3. The molecule has 0 heterocycles. The number of Topliss-reactive ketones (excluding diaryl/α,β-unsaturated/α-hetero) is 1. The SMILES string of the molecule is O=C(Cc1cc(F)ccc1[N+](=O)[O-])c1ccccc1. The molecule has 2 rings (SSSR count). The number of nitrogens with zero attached hydrogens (tertiary/aromatic N) is 1. The first-order valence-corrected chi connectivity index (χ1v) is 5.59. The minimum absolute atomic E-state index is 0.0823. The van der Waals surface area contributed by atoms with E-state index >= 15 is 0 Å². The van der Waals surface area contributed by atoms with Gasteiger partial charge in [-0.1, -0.05) is 30.3 Å². The normalized spacial score (nSPS) is 10.2. The van der Waals surface area contributed by atoms with E-state index in [4.69, 9.17) is 0 Å². The molecule has 19 heavy (non-hydrogen) atoms. The van der Waals surface area contributed by atoms with Gasteiger partial charge >= 0.3 is 0 Å². The summed E-state index contributed by atoms with van der Waals surface area (Å²) in [4.78, 5) is 22.2. The molecule has 0 aliphatic carbocycles. The molecular formula is C14H10FNO3. The van der Waals surface area contributed by atoms with Crippen LogP contribution in [0.5, 0.6) is 0 Å². The molecule has 0 unspecified atom stereocenters. The van der Waals surface area contributed by atoms with Gasteiger partial charge in [-0.2, -0.15) is 0 Å². The lowest BCUT2D eigenvalue weighted by Crippen LogP contribution is -2.06. The van der Waals surface area contributed by atoms with Crippen LogP contribution in [-0.4, -0.2) is 10.7 Å². The van der Waals surface area contributed by atoms with Gasteiger partial charge in [-0.3, -0.25) is 14.9 Å². The van der Waals surface area contributed by atoms with Crippen LogP contribution in [0.1, 0.15) is 15.9 Å². The van der Waals surface area contributed by atoms with Gasteiger partial charge in [0.15, 0.2) is 5.78 Å². The molecule has 0 atom stereocenters. The molecule has 0 fully saturated rings. The quantitative estimate of drug-likeness (QED) is 0.481. The number of halogens is 1. The predicted molar refractivity (Wildman–Crippen MR) is 67.5 cm³/mol. The van der Waals surface area contributed by atoms with Gasteiger partial charge in [0.25, 0.3) is 5.69 Å². The van der Waals surface area contributed by atoms with E-state index in [1.54, 1.807) is 30.3 Å². The fraction of sp³-hybridized carbons (Fsp3) is 0.0714. The van der Waals surface area contributed by atoms with Gasteiger partial charge in [-0.05, 0) is 12.1 Å². The average Bonchev–Trinajstić information content (AvgIpc) is 2.39. The monoisotopic (exact) mass is 259 g/mol. The van der Waals surface area contributed by atoms with E-state index in [0.29, 0.717) is 5.56 Å². The minimum atomic E-state index is -0.618. The number of hydrogen-bond donors (Lipinski definition) is 0. The molecule has 5 heteroatoms. The molecule has 0 bridgehead atoms. The lowest BCUT2D eigenvalue weighted by molar-refractivity contribution is -0.385. The summed E-state index contributed by atoms with van der Waals surface area (Å²) in [5, 5.41) is 10.8. The Morgan fingerprint density at radius 2 is 1.84 bits per heavy atom. The van der Waals surface area contributed by atoms with Crippen molar-refractivity contribution >= 4 is 11.5 Å². The van der Waals surface area contributed by atoms with E-state index in [-0.39, 0.29) is 23.5 Å². The summed E-state index contributed by atoms with van der Waals surface area (Å²) in [6.45, 7) is 0. The lowest BCUT2D eigenvalue weighted by Gasteiger charge is -2.03. The highest BCUT2D eigenvalue weighted by atomic mass is 19.1. The molecule has 0 spiro atoms. The largest absolute Gasteiger partial charge is 0.294 e. The van der Waals surface area contributed by atoms with Gasteiger partial charge in [-0.25, -0.2) is 4.39 Å². The van der Waals surface area contributed by atoms with Crippen molar-refractivity contribution in [2.45, 2.75) is 6.42 Å². The van der Waals surface area contributed by atoms with Crippen molar-refractivity contribution in [1.29, 1.82) is 0 Å². The van der Waals surface area contributed by atoms with Crippen LogP contribution in [0.3, 0.4) is 0 Å². The van der Waals surface area contributed by atoms with Gasteiger partial charge in [0.2, 0.25) is 0 Å². The lowest BCUT2D eigenvalue weighted by atomic mass is 10.0. The van der Waals surface area contributed by atoms with Gasteiger partial charge in [0.1, 0.15) is 5.82 Å². The van der Waals surface area contributed by atoms with Crippen LogP contribution in [0.4, 0.5) is 10.1 Å². The fourth-order valence-corrected chi connectivity index (χ4v) is 1.77. The van der Waals surface area contributed by atoms with Crippen molar-refractivity contribution in [1.82, 2.24) is 0 Å². The third kappa shape index (κ3) is 3.01. The van der Waals surface area contributed by atoms with Crippen LogP contribution in [0.15, 0.2) is 48.5 Å². The Hall–Kier alpha value is -2.56. The molecule has 0 saturated carbocycles. The third-order valence-electron chi connectivity index (χ3n) is 2.69. The molecule has 0 amide bonds. The van der Waals surface area contributed by atoms with Gasteiger partial charge in [0.05, 0.1) is 4.92 Å². The molecule has 0 aliphatic heterocycles.